The Morgan fingerprint density at radius 3 is 2.33 bits per heavy atom. The van der Waals surface area contributed by atoms with Gasteiger partial charge in [0, 0.05) is 5.54 Å². The lowest BCUT2D eigenvalue weighted by atomic mass is 9.88. The first kappa shape index (κ1) is 12.4. The smallest absolute Gasteiger partial charge is 0.305 e. The van der Waals surface area contributed by atoms with Crippen LogP contribution in [0.5, 0.6) is 0 Å². The lowest BCUT2D eigenvalue weighted by Crippen LogP contribution is -2.52. The van der Waals surface area contributed by atoms with Gasteiger partial charge in [0.2, 0.25) is 0 Å². The van der Waals surface area contributed by atoms with E-state index >= 15 is 0 Å². The van der Waals surface area contributed by atoms with Crippen LogP contribution in [0.3, 0.4) is 0 Å². The van der Waals surface area contributed by atoms with Crippen LogP contribution in [-0.2, 0) is 14.6 Å². The van der Waals surface area contributed by atoms with Crippen molar-refractivity contribution in [2.75, 3.05) is 18.1 Å². The highest BCUT2D eigenvalue weighted by Gasteiger charge is 2.38. The Hall–Kier alpha value is -0.620. The summed E-state index contributed by atoms with van der Waals surface area (Å²) in [5.74, 6) is -0.698. The van der Waals surface area contributed by atoms with Gasteiger partial charge in [-0.1, -0.05) is 6.92 Å². The van der Waals surface area contributed by atoms with Crippen molar-refractivity contribution in [3.8, 4) is 0 Å². The zero-order valence-electron chi connectivity index (χ0n) is 8.82. The number of nitrogens with one attached hydrogen (secondary N) is 1. The molecule has 1 fully saturated rings. The van der Waals surface area contributed by atoms with E-state index in [0.717, 1.165) is 0 Å². The fraction of sp³-hybridized carbons (Fsp3) is 0.889. The van der Waals surface area contributed by atoms with Gasteiger partial charge >= 0.3 is 5.97 Å². The molecule has 0 atom stereocenters. The molecule has 15 heavy (non-hydrogen) atoms. The Morgan fingerprint density at radius 2 is 1.93 bits per heavy atom. The molecule has 1 aliphatic heterocycles. The molecule has 1 rings (SSSR count). The Bertz CT molecular complexity index is 322. The second-order valence-electron chi connectivity index (χ2n) is 4.03. The molecule has 5 nitrogen and oxygen atoms in total. The first-order valence-electron chi connectivity index (χ1n) is 5.06. The summed E-state index contributed by atoms with van der Waals surface area (Å²) < 4.78 is 22.5. The standard InChI is InChI=1S/C9H17NO4S/c1-2-10-9(7-8(11)12)3-5-15(13,14)6-4-9/h10H,2-7H2,1H3,(H,11,12). The SMILES string of the molecule is CCNC1(CC(=O)O)CCS(=O)(=O)CC1. The highest BCUT2D eigenvalue weighted by molar-refractivity contribution is 7.91. The molecule has 2 N–H and O–H groups in total. The average molecular weight is 235 g/mol. The van der Waals surface area contributed by atoms with Gasteiger partial charge in [-0.25, -0.2) is 8.42 Å². The summed E-state index contributed by atoms with van der Waals surface area (Å²) in [7, 11) is -2.94. The number of hydrogen-bond acceptors (Lipinski definition) is 4. The molecular weight excluding hydrogens is 218 g/mol. The van der Waals surface area contributed by atoms with E-state index in [1.54, 1.807) is 0 Å². The second-order valence-corrected chi connectivity index (χ2v) is 6.34. The zero-order valence-corrected chi connectivity index (χ0v) is 9.64. The number of carbonyl (C=O) groups is 1. The third-order valence-electron chi connectivity index (χ3n) is 2.82. The summed E-state index contributed by atoms with van der Waals surface area (Å²) in [5.41, 5.74) is -0.522. The summed E-state index contributed by atoms with van der Waals surface area (Å²) in [6.07, 6.45) is 0.793. The summed E-state index contributed by atoms with van der Waals surface area (Å²) in [4.78, 5) is 10.7. The highest BCUT2D eigenvalue weighted by Crippen LogP contribution is 2.27. The monoisotopic (exact) mass is 235 g/mol. The average Bonchev–Trinajstić information content (AvgIpc) is 2.10. The molecule has 1 saturated heterocycles. The third-order valence-corrected chi connectivity index (χ3v) is 4.48. The first-order valence-corrected chi connectivity index (χ1v) is 6.88. The fourth-order valence-electron chi connectivity index (χ4n) is 2.01. The molecule has 0 aliphatic carbocycles. The van der Waals surface area contributed by atoms with Gasteiger partial charge < -0.3 is 10.4 Å². The minimum Gasteiger partial charge on any atom is -0.481 e. The van der Waals surface area contributed by atoms with Crippen molar-refractivity contribution in [1.82, 2.24) is 5.32 Å². The predicted molar refractivity (Wildman–Crippen MR) is 56.5 cm³/mol. The molecule has 88 valence electrons. The Labute approximate surface area is 89.8 Å². The molecule has 0 aromatic carbocycles. The molecule has 1 aliphatic rings. The van der Waals surface area contributed by atoms with Gasteiger partial charge in [0.05, 0.1) is 17.9 Å². The molecule has 0 aromatic rings. The lowest BCUT2D eigenvalue weighted by Gasteiger charge is -2.36. The quantitative estimate of drug-likeness (QED) is 0.717. The van der Waals surface area contributed by atoms with Crippen LogP contribution in [0.2, 0.25) is 0 Å². The van der Waals surface area contributed by atoms with Crippen molar-refractivity contribution in [2.24, 2.45) is 0 Å². The maximum Gasteiger partial charge on any atom is 0.305 e. The van der Waals surface area contributed by atoms with Gasteiger partial charge in [-0.2, -0.15) is 0 Å². The summed E-state index contributed by atoms with van der Waals surface area (Å²) in [6.45, 7) is 2.56. The van der Waals surface area contributed by atoms with Crippen LogP contribution in [0.25, 0.3) is 0 Å². The molecule has 0 saturated carbocycles. The molecule has 0 bridgehead atoms. The van der Waals surface area contributed by atoms with Crippen molar-refractivity contribution in [2.45, 2.75) is 31.7 Å². The van der Waals surface area contributed by atoms with Crippen LogP contribution in [-0.4, -0.2) is 43.1 Å². The molecule has 1 heterocycles. The molecule has 0 amide bonds. The normalized spacial score (nSPS) is 23.5. The van der Waals surface area contributed by atoms with E-state index in [9.17, 15) is 13.2 Å². The van der Waals surface area contributed by atoms with Crippen LogP contribution in [0.15, 0.2) is 0 Å². The van der Waals surface area contributed by atoms with Crippen molar-refractivity contribution in [3.05, 3.63) is 0 Å². The van der Waals surface area contributed by atoms with Gasteiger partial charge in [-0.15, -0.1) is 0 Å². The van der Waals surface area contributed by atoms with Crippen LogP contribution >= 0.6 is 0 Å². The molecule has 6 heteroatoms. The van der Waals surface area contributed by atoms with E-state index in [2.05, 4.69) is 5.32 Å². The van der Waals surface area contributed by atoms with Gasteiger partial charge in [0.15, 0.2) is 0 Å². The van der Waals surface area contributed by atoms with Gasteiger partial charge in [-0.3, -0.25) is 4.79 Å². The van der Waals surface area contributed by atoms with Crippen molar-refractivity contribution < 1.29 is 18.3 Å². The van der Waals surface area contributed by atoms with E-state index in [4.69, 9.17) is 5.11 Å². The summed E-state index contributed by atoms with van der Waals surface area (Å²) in [5, 5.41) is 11.9. The largest absolute Gasteiger partial charge is 0.481 e. The molecule has 0 aromatic heterocycles. The highest BCUT2D eigenvalue weighted by atomic mass is 32.2. The number of aliphatic carboxylic acids is 1. The fourth-order valence-corrected chi connectivity index (χ4v) is 3.62. The first-order chi connectivity index (χ1) is 6.89. The van der Waals surface area contributed by atoms with E-state index < -0.39 is 21.3 Å². The van der Waals surface area contributed by atoms with E-state index in [0.29, 0.717) is 19.4 Å². The van der Waals surface area contributed by atoms with Crippen molar-refractivity contribution in [3.63, 3.8) is 0 Å². The van der Waals surface area contributed by atoms with Crippen molar-refractivity contribution in [1.29, 1.82) is 0 Å². The Balaban J connectivity index is 2.72. The van der Waals surface area contributed by atoms with Crippen LogP contribution in [0.4, 0.5) is 0 Å². The number of carboxylic acids is 1. The Kier molecular flexibility index (Phi) is 3.72. The minimum absolute atomic E-state index is 0.00361. The van der Waals surface area contributed by atoms with E-state index in [1.807, 2.05) is 6.92 Å². The number of carboxylic acid groups (broad SMARTS) is 1. The maximum absolute atomic E-state index is 11.3. The number of rotatable bonds is 4. The predicted octanol–water partition coefficient (Wildman–Crippen LogP) is 0.0180. The van der Waals surface area contributed by atoms with E-state index in [-0.39, 0.29) is 17.9 Å². The zero-order chi connectivity index (χ0) is 11.5. The van der Waals surface area contributed by atoms with Crippen molar-refractivity contribution >= 4 is 15.8 Å². The van der Waals surface area contributed by atoms with Gasteiger partial charge in [-0.05, 0) is 19.4 Å². The topological polar surface area (TPSA) is 83.5 Å². The maximum atomic E-state index is 11.3. The summed E-state index contributed by atoms with van der Waals surface area (Å²) in [6, 6.07) is 0. The number of hydrogen-bond donors (Lipinski definition) is 2. The van der Waals surface area contributed by atoms with Crippen LogP contribution in [0.1, 0.15) is 26.2 Å². The van der Waals surface area contributed by atoms with E-state index in [1.165, 1.54) is 0 Å². The third kappa shape index (κ3) is 3.46. The number of sulfone groups is 1. The minimum atomic E-state index is -2.94. The molecular formula is C9H17NO4S. The Morgan fingerprint density at radius 1 is 1.40 bits per heavy atom. The lowest BCUT2D eigenvalue weighted by molar-refractivity contribution is -0.138. The molecule has 0 spiro atoms. The second kappa shape index (κ2) is 4.49. The van der Waals surface area contributed by atoms with Crippen LogP contribution < -0.4 is 5.32 Å². The summed E-state index contributed by atoms with van der Waals surface area (Å²) >= 11 is 0. The van der Waals surface area contributed by atoms with Gasteiger partial charge in [0.25, 0.3) is 0 Å². The molecule has 0 radical (unpaired) electrons. The van der Waals surface area contributed by atoms with Gasteiger partial charge in [0.1, 0.15) is 9.84 Å². The van der Waals surface area contributed by atoms with Crippen LogP contribution in [0, 0.1) is 0 Å². The molecule has 0 unspecified atom stereocenters.